The van der Waals surface area contributed by atoms with Crippen LogP contribution < -0.4 is 5.32 Å². The summed E-state index contributed by atoms with van der Waals surface area (Å²) >= 11 is 6.01. The molecule has 0 saturated carbocycles. The second-order valence-corrected chi connectivity index (χ2v) is 6.59. The van der Waals surface area contributed by atoms with Crippen LogP contribution in [0.3, 0.4) is 0 Å². The Morgan fingerprint density at radius 3 is 2.59 bits per heavy atom. The number of fused-ring (bicyclic) bond motifs is 1. The first kappa shape index (κ1) is 17.2. The van der Waals surface area contributed by atoms with E-state index >= 15 is 0 Å². The minimum atomic E-state index is -0.0623. The predicted octanol–water partition coefficient (Wildman–Crippen LogP) is 3.91. The molecule has 1 amide bonds. The highest BCUT2D eigenvalue weighted by Gasteiger charge is 2.16. The molecule has 0 aliphatic rings. The van der Waals surface area contributed by atoms with Crippen molar-refractivity contribution in [3.05, 3.63) is 89.5 Å². The summed E-state index contributed by atoms with van der Waals surface area (Å²) in [4.78, 5) is 21.3. The molecule has 1 aromatic carbocycles. The molecule has 0 unspecified atom stereocenters. The van der Waals surface area contributed by atoms with Crippen LogP contribution in [0.15, 0.2) is 73.2 Å². The Balaban J connectivity index is 1.62. The van der Waals surface area contributed by atoms with Gasteiger partial charge in [0.1, 0.15) is 5.65 Å². The molecule has 4 rings (SSSR count). The summed E-state index contributed by atoms with van der Waals surface area (Å²) in [5, 5.41) is 3.63. The third-order valence-corrected chi connectivity index (χ3v) is 4.57. The van der Waals surface area contributed by atoms with E-state index in [2.05, 4.69) is 10.3 Å². The van der Waals surface area contributed by atoms with Gasteiger partial charge in [0.2, 0.25) is 5.91 Å². The molecule has 27 heavy (non-hydrogen) atoms. The Bertz CT molecular complexity index is 1070. The zero-order chi connectivity index (χ0) is 18.6. The van der Waals surface area contributed by atoms with Gasteiger partial charge in [-0.15, -0.1) is 0 Å². The lowest BCUT2D eigenvalue weighted by Crippen LogP contribution is -2.25. The summed E-state index contributed by atoms with van der Waals surface area (Å²) in [6.07, 6.45) is 5.58. The maximum Gasteiger partial charge on any atom is 0.226 e. The third-order valence-electron chi connectivity index (χ3n) is 4.31. The van der Waals surface area contributed by atoms with Crippen LogP contribution in [0.25, 0.3) is 16.9 Å². The lowest BCUT2D eigenvalue weighted by molar-refractivity contribution is -0.120. The number of carbonyl (C=O) groups excluding carboxylic acids is 1. The number of amides is 1. The highest BCUT2D eigenvalue weighted by molar-refractivity contribution is 6.30. The molecular weight excluding hydrogens is 360 g/mol. The molecule has 6 heteroatoms. The molecule has 134 valence electrons. The van der Waals surface area contributed by atoms with Crippen molar-refractivity contribution in [1.82, 2.24) is 19.7 Å². The average molecular weight is 377 g/mol. The smallest absolute Gasteiger partial charge is 0.226 e. The van der Waals surface area contributed by atoms with Gasteiger partial charge >= 0.3 is 0 Å². The fraction of sp³-hybridized carbons (Fsp3) is 0.0952. The highest BCUT2D eigenvalue weighted by atomic mass is 35.5. The van der Waals surface area contributed by atoms with Crippen LogP contribution in [0.2, 0.25) is 5.02 Å². The fourth-order valence-corrected chi connectivity index (χ4v) is 3.10. The summed E-state index contributed by atoms with van der Waals surface area (Å²) in [5.41, 5.74) is 4.38. The van der Waals surface area contributed by atoms with Crippen molar-refractivity contribution in [2.75, 3.05) is 0 Å². The third kappa shape index (κ3) is 3.83. The van der Waals surface area contributed by atoms with Crippen LogP contribution in [-0.2, 0) is 17.8 Å². The van der Waals surface area contributed by atoms with Gasteiger partial charge in [0.15, 0.2) is 0 Å². The van der Waals surface area contributed by atoms with Crippen molar-refractivity contribution >= 4 is 23.2 Å². The number of imidazole rings is 1. The molecule has 0 spiro atoms. The van der Waals surface area contributed by atoms with Crippen molar-refractivity contribution in [3.8, 4) is 11.3 Å². The molecule has 0 radical (unpaired) electrons. The molecule has 0 fully saturated rings. The van der Waals surface area contributed by atoms with Crippen LogP contribution in [0.1, 0.15) is 11.3 Å². The number of pyridine rings is 2. The van der Waals surface area contributed by atoms with Crippen molar-refractivity contribution in [2.24, 2.45) is 0 Å². The zero-order valence-corrected chi connectivity index (χ0v) is 15.2. The molecule has 0 saturated heterocycles. The molecule has 0 bridgehead atoms. The van der Waals surface area contributed by atoms with E-state index in [1.54, 1.807) is 12.4 Å². The molecule has 4 aromatic rings. The van der Waals surface area contributed by atoms with E-state index in [1.807, 2.05) is 65.2 Å². The van der Waals surface area contributed by atoms with E-state index in [1.165, 1.54) is 0 Å². The van der Waals surface area contributed by atoms with Gasteiger partial charge in [0, 0.05) is 35.7 Å². The quantitative estimate of drug-likeness (QED) is 0.574. The number of nitrogens with zero attached hydrogens (tertiary/aromatic N) is 3. The molecular formula is C21H17ClN4O. The standard InChI is InChI=1S/C21H17ClN4O/c22-17-6-4-16(5-7-17)21-18(26-12-2-1-3-19(26)25-21)13-20(27)24-14-15-8-10-23-11-9-15/h1-12H,13-14H2,(H,24,27). The molecule has 0 atom stereocenters. The number of carbonyl (C=O) groups is 1. The van der Waals surface area contributed by atoms with Crippen LogP contribution in [0.4, 0.5) is 0 Å². The normalized spacial score (nSPS) is 10.9. The summed E-state index contributed by atoms with van der Waals surface area (Å²) in [5.74, 6) is -0.0623. The van der Waals surface area contributed by atoms with E-state index < -0.39 is 0 Å². The predicted molar refractivity (Wildman–Crippen MR) is 105 cm³/mol. The number of hydrogen-bond donors (Lipinski definition) is 1. The van der Waals surface area contributed by atoms with E-state index in [4.69, 9.17) is 16.6 Å². The SMILES string of the molecule is O=C(Cc1c(-c2ccc(Cl)cc2)nc2ccccn12)NCc1ccncc1. The van der Waals surface area contributed by atoms with Gasteiger partial charge in [-0.1, -0.05) is 29.8 Å². The number of aromatic nitrogens is 3. The Hall–Kier alpha value is -3.18. The highest BCUT2D eigenvalue weighted by Crippen LogP contribution is 2.26. The lowest BCUT2D eigenvalue weighted by atomic mass is 10.1. The largest absolute Gasteiger partial charge is 0.352 e. The van der Waals surface area contributed by atoms with Crippen molar-refractivity contribution in [1.29, 1.82) is 0 Å². The van der Waals surface area contributed by atoms with Gasteiger partial charge in [0.05, 0.1) is 17.8 Å². The van der Waals surface area contributed by atoms with Gasteiger partial charge in [-0.3, -0.25) is 9.78 Å². The van der Waals surface area contributed by atoms with Crippen LogP contribution >= 0.6 is 11.6 Å². The molecule has 5 nitrogen and oxygen atoms in total. The van der Waals surface area contributed by atoms with Gasteiger partial charge in [-0.25, -0.2) is 4.98 Å². The summed E-state index contributed by atoms with van der Waals surface area (Å²) in [6.45, 7) is 0.467. The first-order valence-corrected chi connectivity index (χ1v) is 8.96. The first-order chi connectivity index (χ1) is 13.2. The minimum absolute atomic E-state index is 0.0623. The Labute approximate surface area is 161 Å². The van der Waals surface area contributed by atoms with Gasteiger partial charge in [-0.2, -0.15) is 0 Å². The molecule has 3 aromatic heterocycles. The Kier molecular flexibility index (Phi) is 4.85. The minimum Gasteiger partial charge on any atom is -0.352 e. The second-order valence-electron chi connectivity index (χ2n) is 6.15. The maximum absolute atomic E-state index is 12.6. The fourth-order valence-electron chi connectivity index (χ4n) is 2.97. The van der Waals surface area contributed by atoms with E-state index in [-0.39, 0.29) is 12.3 Å². The summed E-state index contributed by atoms with van der Waals surface area (Å²) in [6, 6.07) is 17.0. The van der Waals surface area contributed by atoms with E-state index in [0.717, 1.165) is 28.2 Å². The number of benzene rings is 1. The summed E-state index contributed by atoms with van der Waals surface area (Å²) < 4.78 is 1.95. The molecule has 0 aliphatic heterocycles. The molecule has 0 aliphatic carbocycles. The monoisotopic (exact) mass is 376 g/mol. The van der Waals surface area contributed by atoms with Gasteiger partial charge < -0.3 is 9.72 Å². The number of hydrogen-bond acceptors (Lipinski definition) is 3. The first-order valence-electron chi connectivity index (χ1n) is 8.58. The summed E-state index contributed by atoms with van der Waals surface area (Å²) in [7, 11) is 0. The number of nitrogens with one attached hydrogen (secondary N) is 1. The number of halogens is 1. The van der Waals surface area contributed by atoms with E-state index in [9.17, 15) is 4.79 Å². The Morgan fingerprint density at radius 1 is 1.04 bits per heavy atom. The van der Waals surface area contributed by atoms with Crippen LogP contribution in [0.5, 0.6) is 0 Å². The second kappa shape index (κ2) is 7.60. The van der Waals surface area contributed by atoms with Crippen LogP contribution in [0, 0.1) is 0 Å². The zero-order valence-electron chi connectivity index (χ0n) is 14.5. The average Bonchev–Trinajstić information content (AvgIpc) is 3.06. The molecule has 1 N–H and O–H groups in total. The number of rotatable bonds is 5. The van der Waals surface area contributed by atoms with Crippen LogP contribution in [-0.4, -0.2) is 20.3 Å². The van der Waals surface area contributed by atoms with Crippen molar-refractivity contribution < 1.29 is 4.79 Å². The van der Waals surface area contributed by atoms with Gasteiger partial charge in [0.25, 0.3) is 0 Å². The van der Waals surface area contributed by atoms with Crippen molar-refractivity contribution in [2.45, 2.75) is 13.0 Å². The topological polar surface area (TPSA) is 59.3 Å². The van der Waals surface area contributed by atoms with E-state index in [0.29, 0.717) is 11.6 Å². The Morgan fingerprint density at radius 2 is 1.81 bits per heavy atom. The van der Waals surface area contributed by atoms with Gasteiger partial charge in [-0.05, 0) is 42.0 Å². The molecule has 3 heterocycles. The lowest BCUT2D eigenvalue weighted by Gasteiger charge is -2.07. The maximum atomic E-state index is 12.6. The van der Waals surface area contributed by atoms with Crippen molar-refractivity contribution in [3.63, 3.8) is 0 Å².